The lowest BCUT2D eigenvalue weighted by atomic mass is 9.45. The Morgan fingerprint density at radius 3 is 2.52 bits per heavy atom. The minimum Gasteiger partial charge on any atom is -0.458 e. The molecule has 0 aromatic heterocycles. The van der Waals surface area contributed by atoms with E-state index in [2.05, 4.69) is 13.8 Å². The molecule has 1 spiro atoms. The second-order valence-electron chi connectivity index (χ2n) is 12.6. The molecule has 1 aromatic carbocycles. The molecule has 1 aromatic rings. The molecule has 0 aliphatic heterocycles. The van der Waals surface area contributed by atoms with Crippen molar-refractivity contribution in [1.82, 2.24) is 0 Å². The number of fused-ring (bicyclic) bond motifs is 4. The second-order valence-corrected chi connectivity index (χ2v) is 12.6. The molecule has 4 nitrogen and oxygen atoms in total. The van der Waals surface area contributed by atoms with Crippen molar-refractivity contribution in [3.63, 3.8) is 0 Å². The van der Waals surface area contributed by atoms with Gasteiger partial charge in [0.2, 0.25) is 0 Å². The van der Waals surface area contributed by atoms with Gasteiger partial charge < -0.3 is 14.6 Å². The Morgan fingerprint density at radius 1 is 1.09 bits per heavy atom. The smallest absolute Gasteiger partial charge is 0.338 e. The van der Waals surface area contributed by atoms with E-state index in [1.165, 1.54) is 25.7 Å². The summed E-state index contributed by atoms with van der Waals surface area (Å²) in [4.78, 5) is 13.0. The lowest BCUT2D eigenvalue weighted by Crippen LogP contribution is -2.57. The maximum absolute atomic E-state index is 13.0. The number of aliphatic hydroxyl groups excluding tert-OH is 1. The topological polar surface area (TPSA) is 55.8 Å². The van der Waals surface area contributed by atoms with E-state index in [9.17, 15) is 9.90 Å². The lowest BCUT2D eigenvalue weighted by molar-refractivity contribution is -0.163. The first-order valence-electron chi connectivity index (χ1n) is 13.2. The van der Waals surface area contributed by atoms with E-state index in [1.54, 1.807) is 0 Å². The van der Waals surface area contributed by atoms with Crippen LogP contribution in [0.2, 0.25) is 0 Å². The van der Waals surface area contributed by atoms with Crippen LogP contribution in [0.4, 0.5) is 0 Å². The predicted octanol–water partition coefficient (Wildman–Crippen LogP) is 5.49. The summed E-state index contributed by atoms with van der Waals surface area (Å²) < 4.78 is 12.4. The fourth-order valence-electron chi connectivity index (χ4n) is 10.4. The van der Waals surface area contributed by atoms with E-state index in [0.717, 1.165) is 31.1 Å². The molecule has 1 N–H and O–H groups in total. The monoisotopic (exact) mass is 452 g/mol. The molecule has 33 heavy (non-hydrogen) atoms. The number of esters is 1. The summed E-state index contributed by atoms with van der Waals surface area (Å²) in [6.07, 6.45) is 8.08. The van der Waals surface area contributed by atoms with Gasteiger partial charge in [0, 0.05) is 18.4 Å². The highest BCUT2D eigenvalue weighted by atomic mass is 16.5. The number of hydrogen-bond donors (Lipinski definition) is 1. The van der Waals surface area contributed by atoms with Gasteiger partial charge >= 0.3 is 5.97 Å². The zero-order valence-corrected chi connectivity index (χ0v) is 20.6. The maximum Gasteiger partial charge on any atom is 0.338 e. The zero-order valence-electron chi connectivity index (χ0n) is 20.6. The number of benzene rings is 1. The first-order chi connectivity index (χ1) is 15.8. The first-order valence-corrected chi connectivity index (χ1v) is 13.2. The van der Waals surface area contributed by atoms with Gasteiger partial charge in [-0.1, -0.05) is 32.0 Å². The fourth-order valence-corrected chi connectivity index (χ4v) is 10.4. The molecule has 4 heteroatoms. The first kappa shape index (κ1) is 22.1. The van der Waals surface area contributed by atoms with E-state index >= 15 is 0 Å². The normalized spacial score (nSPS) is 50.5. The number of aliphatic hydroxyl groups is 1. The molecular formula is C29H40O4. The number of methoxy groups -OCH3 is 1. The largest absolute Gasteiger partial charge is 0.458 e. The van der Waals surface area contributed by atoms with Crippen LogP contribution in [0.25, 0.3) is 0 Å². The Kier molecular flexibility index (Phi) is 4.89. The predicted molar refractivity (Wildman–Crippen MR) is 127 cm³/mol. The van der Waals surface area contributed by atoms with Crippen LogP contribution in [0, 0.1) is 45.8 Å². The van der Waals surface area contributed by atoms with E-state index < -0.39 is 6.10 Å². The summed E-state index contributed by atoms with van der Waals surface area (Å²) in [5.74, 6) is 2.38. The third-order valence-electron chi connectivity index (χ3n) is 11.7. The number of carbonyl (C=O) groups excluding carboxylic acids is 1. The number of ether oxygens (including phenoxy) is 2. The van der Waals surface area contributed by atoms with Crippen molar-refractivity contribution in [2.45, 2.75) is 84.0 Å². The molecule has 0 bridgehead atoms. The van der Waals surface area contributed by atoms with Gasteiger partial charge in [-0.05, 0) is 98.5 Å². The third-order valence-corrected chi connectivity index (χ3v) is 11.7. The van der Waals surface area contributed by atoms with Gasteiger partial charge in [0.15, 0.2) is 0 Å². The van der Waals surface area contributed by atoms with E-state index in [4.69, 9.17) is 9.47 Å². The molecule has 180 valence electrons. The van der Waals surface area contributed by atoms with Gasteiger partial charge in [0.05, 0.1) is 17.8 Å². The fraction of sp³-hybridized carbons (Fsp3) is 0.759. The summed E-state index contributed by atoms with van der Waals surface area (Å²) >= 11 is 0. The summed E-state index contributed by atoms with van der Waals surface area (Å²) in [6, 6.07) is 9.29. The number of carbonyl (C=O) groups is 1. The summed E-state index contributed by atoms with van der Waals surface area (Å²) in [7, 11) is 1.92. The molecule has 5 aliphatic rings. The standard InChI is InChI=1S/C29H40O4/c1-17(30)25-23(33-26(31)18-8-6-5-7-9-18)15-22-20-14-24(32-4)29-16-19(29)10-13-28(29,3)21(20)11-12-27(22,25)2/h5-9,17,19-25,30H,10-16H2,1-4H3/t17-,19+,20+,21-,22-,23-,24+,25-,27-,28+,29-/m0/s1. The van der Waals surface area contributed by atoms with Gasteiger partial charge in [0.1, 0.15) is 6.10 Å². The molecule has 5 saturated carbocycles. The minimum absolute atomic E-state index is 0.00230. The molecule has 0 saturated heterocycles. The van der Waals surface area contributed by atoms with Crippen molar-refractivity contribution >= 4 is 5.97 Å². The van der Waals surface area contributed by atoms with Crippen molar-refractivity contribution in [2.75, 3.05) is 7.11 Å². The molecule has 0 unspecified atom stereocenters. The van der Waals surface area contributed by atoms with Crippen LogP contribution in [-0.2, 0) is 9.47 Å². The summed E-state index contributed by atoms with van der Waals surface area (Å²) in [5.41, 5.74) is 1.38. The Bertz CT molecular complexity index is 929. The van der Waals surface area contributed by atoms with Gasteiger partial charge in [-0.2, -0.15) is 0 Å². The minimum atomic E-state index is -0.492. The quantitative estimate of drug-likeness (QED) is 0.614. The van der Waals surface area contributed by atoms with Gasteiger partial charge in [-0.25, -0.2) is 4.79 Å². The van der Waals surface area contributed by atoms with Crippen molar-refractivity contribution in [2.24, 2.45) is 45.8 Å². The van der Waals surface area contributed by atoms with Crippen LogP contribution < -0.4 is 0 Å². The highest BCUT2D eigenvalue weighted by Crippen LogP contribution is 2.82. The zero-order chi connectivity index (χ0) is 23.2. The molecule has 0 radical (unpaired) electrons. The molecule has 5 aliphatic carbocycles. The van der Waals surface area contributed by atoms with E-state index in [0.29, 0.717) is 34.3 Å². The highest BCUT2D eigenvalue weighted by molar-refractivity contribution is 5.89. The van der Waals surface area contributed by atoms with E-state index in [1.807, 2.05) is 44.4 Å². The van der Waals surface area contributed by atoms with Gasteiger partial charge in [-0.3, -0.25) is 0 Å². The molecule has 5 fully saturated rings. The lowest BCUT2D eigenvalue weighted by Gasteiger charge is -2.60. The summed E-state index contributed by atoms with van der Waals surface area (Å²) in [5, 5.41) is 10.9. The van der Waals surface area contributed by atoms with Gasteiger partial charge in [0.25, 0.3) is 0 Å². The molecule has 6 rings (SSSR count). The van der Waals surface area contributed by atoms with Crippen LogP contribution in [0.5, 0.6) is 0 Å². The van der Waals surface area contributed by atoms with Crippen molar-refractivity contribution in [1.29, 1.82) is 0 Å². The Hall–Kier alpha value is -1.39. The Balaban J connectivity index is 1.32. The van der Waals surface area contributed by atoms with Crippen molar-refractivity contribution < 1.29 is 19.4 Å². The van der Waals surface area contributed by atoms with Crippen LogP contribution in [-0.4, -0.2) is 36.5 Å². The van der Waals surface area contributed by atoms with Crippen LogP contribution in [0.3, 0.4) is 0 Å². The maximum atomic E-state index is 13.0. The third kappa shape index (κ3) is 2.80. The average molecular weight is 453 g/mol. The highest BCUT2D eigenvalue weighted by Gasteiger charge is 2.78. The molecular weight excluding hydrogens is 412 g/mol. The average Bonchev–Trinajstić information content (AvgIpc) is 3.34. The molecule has 0 amide bonds. The van der Waals surface area contributed by atoms with Crippen molar-refractivity contribution in [3.8, 4) is 0 Å². The van der Waals surface area contributed by atoms with Crippen LogP contribution in [0.1, 0.15) is 76.1 Å². The van der Waals surface area contributed by atoms with E-state index in [-0.39, 0.29) is 23.4 Å². The number of hydrogen-bond acceptors (Lipinski definition) is 4. The molecule has 0 heterocycles. The van der Waals surface area contributed by atoms with Gasteiger partial charge in [-0.15, -0.1) is 0 Å². The Morgan fingerprint density at radius 2 is 1.85 bits per heavy atom. The SMILES string of the molecule is CO[C@@H]1C[C@H]2[C@@H]3C[C@H](OC(=O)c4ccccc4)[C@H]([C@H](C)O)[C@@]3(C)CC[C@@H]2[C@@]2(C)CC[C@@H]3C[C@]312. The number of rotatable bonds is 4. The Labute approximate surface area is 198 Å². The molecule has 11 atom stereocenters. The van der Waals surface area contributed by atoms with Crippen LogP contribution in [0.15, 0.2) is 30.3 Å². The second kappa shape index (κ2) is 7.31. The van der Waals surface area contributed by atoms with Crippen LogP contribution >= 0.6 is 0 Å². The summed E-state index contributed by atoms with van der Waals surface area (Å²) in [6.45, 7) is 6.86. The van der Waals surface area contributed by atoms with Crippen molar-refractivity contribution in [3.05, 3.63) is 35.9 Å².